The monoisotopic (exact) mass is 629 g/mol. The molecule has 0 saturated carbocycles. The number of carbonyl (C=O) groups excluding carboxylic acids is 4. The van der Waals surface area contributed by atoms with Gasteiger partial charge in [-0.3, -0.25) is 9.59 Å². The van der Waals surface area contributed by atoms with E-state index in [2.05, 4.69) is 10.6 Å². The van der Waals surface area contributed by atoms with Crippen molar-refractivity contribution in [3.63, 3.8) is 0 Å². The Balaban J connectivity index is 1.48. The van der Waals surface area contributed by atoms with E-state index in [0.717, 1.165) is 22.3 Å². The maximum absolute atomic E-state index is 14.0. The fraction of sp³-hybridized carbons (Fsp3) is 0.389. The lowest BCUT2D eigenvalue weighted by Crippen LogP contribution is -2.57. The Labute approximate surface area is 270 Å². The summed E-state index contributed by atoms with van der Waals surface area (Å²) in [5.41, 5.74) is 4.14. The van der Waals surface area contributed by atoms with Crippen LogP contribution in [0.2, 0.25) is 0 Å². The molecule has 0 spiro atoms. The topological polar surface area (TPSA) is 134 Å². The predicted molar refractivity (Wildman–Crippen MR) is 174 cm³/mol. The second-order valence-corrected chi connectivity index (χ2v) is 12.5. The van der Waals surface area contributed by atoms with Gasteiger partial charge in [-0.05, 0) is 69.4 Å². The number of aliphatic hydroxyl groups excluding tert-OH is 1. The Morgan fingerprint density at radius 1 is 0.804 bits per heavy atom. The van der Waals surface area contributed by atoms with Crippen molar-refractivity contribution >= 4 is 23.9 Å². The lowest BCUT2D eigenvalue weighted by atomic mass is 9.98. The molecule has 3 aromatic rings. The molecule has 0 aliphatic heterocycles. The van der Waals surface area contributed by atoms with E-state index < -0.39 is 60.3 Å². The number of alkyl carbamates (subject to hydrolysis) is 1. The van der Waals surface area contributed by atoms with Gasteiger partial charge in [0, 0.05) is 5.92 Å². The molecule has 1 aliphatic carbocycles. The molecule has 10 heteroatoms. The predicted octanol–water partition coefficient (Wildman–Crippen LogP) is 4.71. The minimum atomic E-state index is -1.14. The first-order valence-electron chi connectivity index (χ1n) is 15.4. The first-order valence-corrected chi connectivity index (χ1v) is 15.4. The van der Waals surface area contributed by atoms with Crippen LogP contribution in [-0.4, -0.2) is 70.8 Å². The van der Waals surface area contributed by atoms with Crippen molar-refractivity contribution in [1.82, 2.24) is 15.5 Å². The maximum Gasteiger partial charge on any atom is 0.407 e. The summed E-state index contributed by atoms with van der Waals surface area (Å²) in [5, 5.41) is 15.7. The number of carbonyl (C=O) groups is 4. The molecule has 0 saturated heterocycles. The number of rotatable bonds is 11. The molecule has 0 bridgehead atoms. The number of benzene rings is 3. The van der Waals surface area contributed by atoms with E-state index in [-0.39, 0.29) is 12.5 Å². The van der Waals surface area contributed by atoms with Crippen LogP contribution in [0, 0.1) is 0 Å². The van der Waals surface area contributed by atoms with Gasteiger partial charge < -0.3 is 30.1 Å². The molecule has 1 aliphatic rings. The quantitative estimate of drug-likeness (QED) is 0.262. The van der Waals surface area contributed by atoms with Crippen molar-refractivity contribution in [2.24, 2.45) is 0 Å². The minimum Gasteiger partial charge on any atom is -0.458 e. The van der Waals surface area contributed by atoms with Gasteiger partial charge in [0.15, 0.2) is 0 Å². The summed E-state index contributed by atoms with van der Waals surface area (Å²) in [4.78, 5) is 54.2. The van der Waals surface area contributed by atoms with Crippen LogP contribution in [0.3, 0.4) is 0 Å². The van der Waals surface area contributed by atoms with Gasteiger partial charge >= 0.3 is 12.1 Å². The fourth-order valence-electron chi connectivity index (χ4n) is 5.66. The number of esters is 1. The van der Waals surface area contributed by atoms with Crippen LogP contribution in [-0.2, 0) is 23.9 Å². The van der Waals surface area contributed by atoms with Gasteiger partial charge in [0.2, 0.25) is 11.8 Å². The molecule has 3 aromatic carbocycles. The third kappa shape index (κ3) is 7.92. The lowest BCUT2D eigenvalue weighted by Gasteiger charge is -2.37. The van der Waals surface area contributed by atoms with Gasteiger partial charge in [-0.25, -0.2) is 9.59 Å². The number of nitrogens with zero attached hydrogens (tertiary/aromatic N) is 1. The van der Waals surface area contributed by atoms with Crippen LogP contribution in [0.1, 0.15) is 70.2 Å². The second-order valence-electron chi connectivity index (χ2n) is 12.5. The minimum absolute atomic E-state index is 0.0646. The van der Waals surface area contributed by atoms with Gasteiger partial charge in [0.05, 0.1) is 12.6 Å². The summed E-state index contributed by atoms with van der Waals surface area (Å²) in [6.45, 7) is 9.22. The van der Waals surface area contributed by atoms with Crippen LogP contribution < -0.4 is 10.6 Å². The van der Waals surface area contributed by atoms with E-state index >= 15 is 0 Å². The van der Waals surface area contributed by atoms with E-state index in [9.17, 15) is 24.3 Å². The van der Waals surface area contributed by atoms with Crippen molar-refractivity contribution in [2.75, 3.05) is 13.2 Å². The SMILES string of the molecule is C[C@H](NC(=O)[C@@H](C)N(C(=O)[C@@H](C)NC(=O)OCC1c2ccccc2-c2ccccc21)[C@H](CO)c1ccccc1)C(=O)OC(C)(C)C. The summed E-state index contributed by atoms with van der Waals surface area (Å²) in [7, 11) is 0. The molecule has 0 aromatic heterocycles. The maximum atomic E-state index is 14.0. The Morgan fingerprint density at radius 2 is 1.35 bits per heavy atom. The highest BCUT2D eigenvalue weighted by Gasteiger charge is 2.37. The number of ether oxygens (including phenoxy) is 2. The van der Waals surface area contributed by atoms with E-state index in [1.165, 1.54) is 25.7 Å². The first-order chi connectivity index (χ1) is 21.8. The molecule has 4 atom stereocenters. The van der Waals surface area contributed by atoms with Crippen molar-refractivity contribution in [2.45, 2.75) is 77.2 Å². The molecule has 0 radical (unpaired) electrons. The van der Waals surface area contributed by atoms with E-state index in [4.69, 9.17) is 9.47 Å². The van der Waals surface area contributed by atoms with Gasteiger partial charge in [-0.2, -0.15) is 0 Å². The highest BCUT2D eigenvalue weighted by molar-refractivity contribution is 5.93. The van der Waals surface area contributed by atoms with Gasteiger partial charge in [-0.1, -0.05) is 78.9 Å². The molecule has 0 heterocycles. The fourth-order valence-corrected chi connectivity index (χ4v) is 5.66. The normalized spacial score (nSPS) is 14.9. The van der Waals surface area contributed by atoms with Crippen molar-refractivity contribution in [3.8, 4) is 11.1 Å². The van der Waals surface area contributed by atoms with Crippen molar-refractivity contribution in [3.05, 3.63) is 95.6 Å². The number of hydrogen-bond acceptors (Lipinski definition) is 7. The number of fused-ring (bicyclic) bond motifs is 3. The van der Waals surface area contributed by atoms with E-state index in [1.807, 2.05) is 48.5 Å². The third-order valence-electron chi connectivity index (χ3n) is 7.91. The second kappa shape index (κ2) is 14.6. The van der Waals surface area contributed by atoms with Gasteiger partial charge in [0.1, 0.15) is 30.3 Å². The molecule has 3 N–H and O–H groups in total. The number of hydrogen-bond donors (Lipinski definition) is 3. The molecule has 3 amide bonds. The zero-order chi connectivity index (χ0) is 33.6. The summed E-state index contributed by atoms with van der Waals surface area (Å²) in [6.07, 6.45) is -0.793. The van der Waals surface area contributed by atoms with Crippen molar-refractivity contribution in [1.29, 1.82) is 0 Å². The Kier molecular flexibility index (Phi) is 10.8. The van der Waals surface area contributed by atoms with Crippen LogP contribution in [0.15, 0.2) is 78.9 Å². The van der Waals surface area contributed by atoms with E-state index in [0.29, 0.717) is 5.56 Å². The first kappa shape index (κ1) is 34.2. The van der Waals surface area contributed by atoms with Gasteiger partial charge in [0.25, 0.3) is 0 Å². The lowest BCUT2D eigenvalue weighted by molar-refractivity contribution is -0.158. The molecule has 244 valence electrons. The zero-order valence-electron chi connectivity index (χ0n) is 27.2. The summed E-state index contributed by atoms with van der Waals surface area (Å²) in [5.74, 6) is -2.04. The molecule has 46 heavy (non-hydrogen) atoms. The number of aliphatic hydroxyl groups is 1. The summed E-state index contributed by atoms with van der Waals surface area (Å²) in [6, 6.07) is 20.6. The van der Waals surface area contributed by atoms with Gasteiger partial charge in [-0.15, -0.1) is 0 Å². The average Bonchev–Trinajstić information content (AvgIpc) is 3.35. The smallest absolute Gasteiger partial charge is 0.407 e. The summed E-state index contributed by atoms with van der Waals surface area (Å²) >= 11 is 0. The molecule has 10 nitrogen and oxygen atoms in total. The molecular weight excluding hydrogens is 586 g/mol. The molecule has 0 fully saturated rings. The number of amides is 3. The Hall–Kier alpha value is -4.70. The third-order valence-corrected chi connectivity index (χ3v) is 7.91. The average molecular weight is 630 g/mol. The molecular formula is C36H43N3O7. The molecule has 0 unspecified atom stereocenters. The van der Waals surface area contributed by atoms with Crippen LogP contribution in [0.25, 0.3) is 11.1 Å². The standard InChI is InChI=1S/C36H43N3O7/c1-22(38-35(44)45-21-30-28-18-12-10-16-26(28)27-17-11-13-19-29(27)30)33(42)39(31(20-40)25-14-8-7-9-15-25)24(3)32(41)37-23(2)34(43)46-36(4,5)6/h7-19,22-24,30-31,40H,20-21H2,1-6H3,(H,37,41)(H,38,44)/t22-,23+,24-,31-/m1/s1. The van der Waals surface area contributed by atoms with Crippen LogP contribution >= 0.6 is 0 Å². The highest BCUT2D eigenvalue weighted by atomic mass is 16.6. The largest absolute Gasteiger partial charge is 0.458 e. The molecule has 4 rings (SSSR count). The highest BCUT2D eigenvalue weighted by Crippen LogP contribution is 2.44. The van der Waals surface area contributed by atoms with Crippen LogP contribution in [0.4, 0.5) is 4.79 Å². The zero-order valence-corrected chi connectivity index (χ0v) is 27.2. The number of nitrogens with one attached hydrogen (secondary N) is 2. The Morgan fingerprint density at radius 3 is 1.89 bits per heavy atom. The summed E-state index contributed by atoms with van der Waals surface area (Å²) < 4.78 is 11.0. The van der Waals surface area contributed by atoms with E-state index in [1.54, 1.807) is 51.1 Å². The Bertz CT molecular complexity index is 1510. The van der Waals surface area contributed by atoms with Crippen molar-refractivity contribution < 1.29 is 33.8 Å². The van der Waals surface area contributed by atoms with Crippen LogP contribution in [0.5, 0.6) is 0 Å².